The fourth-order valence-corrected chi connectivity index (χ4v) is 5.47. The highest BCUT2D eigenvalue weighted by Gasteiger charge is 2.27. The van der Waals surface area contributed by atoms with Crippen LogP contribution in [0.5, 0.6) is 0 Å². The van der Waals surface area contributed by atoms with Crippen LogP contribution in [0.25, 0.3) is 0 Å². The second kappa shape index (κ2) is 11.3. The standard InChI is InChI=1S/C29H30ClN5O4/c1-20-7-9-21(10-8-20)29(37)34-17-15-33(16-18-34)27-23(30)5-4-6-24(27)31-28(36)22-11-12-25(26(19-22)35(38)39)32-13-2-3-14-32/h4-12,19H,2-3,13-18H2,1H3,(H,31,36). The number of nitro groups is 1. The van der Waals surface area contributed by atoms with Crippen LogP contribution in [0.1, 0.15) is 39.1 Å². The summed E-state index contributed by atoms with van der Waals surface area (Å²) in [6.45, 7) is 5.62. The molecule has 2 aliphatic heterocycles. The van der Waals surface area contributed by atoms with Crippen LogP contribution < -0.4 is 15.1 Å². The van der Waals surface area contributed by atoms with Gasteiger partial charge in [-0.05, 0) is 56.2 Å². The number of anilines is 3. The van der Waals surface area contributed by atoms with Gasteiger partial charge in [0, 0.05) is 56.5 Å². The molecule has 3 aromatic carbocycles. The first-order valence-electron chi connectivity index (χ1n) is 13.1. The molecule has 1 N–H and O–H groups in total. The molecule has 5 rings (SSSR count). The van der Waals surface area contributed by atoms with Crippen molar-refractivity contribution in [1.82, 2.24) is 4.90 Å². The maximum atomic E-state index is 13.2. The van der Waals surface area contributed by atoms with E-state index in [2.05, 4.69) is 10.2 Å². The number of benzene rings is 3. The Morgan fingerprint density at radius 2 is 1.54 bits per heavy atom. The Labute approximate surface area is 232 Å². The predicted molar refractivity (Wildman–Crippen MR) is 153 cm³/mol. The summed E-state index contributed by atoms with van der Waals surface area (Å²) in [4.78, 5) is 43.4. The summed E-state index contributed by atoms with van der Waals surface area (Å²) in [5.41, 5.74) is 3.59. The highest BCUT2D eigenvalue weighted by Crippen LogP contribution is 2.36. The zero-order chi connectivity index (χ0) is 27.5. The van der Waals surface area contributed by atoms with E-state index in [0.29, 0.717) is 53.8 Å². The molecule has 0 bridgehead atoms. The van der Waals surface area contributed by atoms with Crippen molar-refractivity contribution in [3.05, 3.63) is 92.5 Å². The number of carbonyl (C=O) groups is 2. The predicted octanol–water partition coefficient (Wildman–Crippen LogP) is 5.37. The maximum absolute atomic E-state index is 13.2. The van der Waals surface area contributed by atoms with E-state index in [4.69, 9.17) is 11.6 Å². The average molecular weight is 548 g/mol. The molecular formula is C29H30ClN5O4. The van der Waals surface area contributed by atoms with Crippen LogP contribution in [0, 0.1) is 17.0 Å². The number of amides is 2. The first-order chi connectivity index (χ1) is 18.8. The number of piperazine rings is 1. The van der Waals surface area contributed by atoms with Gasteiger partial charge in [-0.15, -0.1) is 0 Å². The number of hydrogen-bond donors (Lipinski definition) is 1. The number of halogens is 1. The van der Waals surface area contributed by atoms with Crippen LogP contribution >= 0.6 is 11.6 Å². The molecule has 2 heterocycles. The van der Waals surface area contributed by atoms with Gasteiger partial charge in [-0.1, -0.05) is 35.4 Å². The number of para-hydroxylation sites is 1. The molecule has 2 amide bonds. The molecule has 9 nitrogen and oxygen atoms in total. The quantitative estimate of drug-likeness (QED) is 0.329. The van der Waals surface area contributed by atoms with Crippen LogP contribution in [0.4, 0.5) is 22.7 Å². The fourth-order valence-electron chi connectivity index (χ4n) is 5.18. The van der Waals surface area contributed by atoms with Crippen molar-refractivity contribution in [2.75, 3.05) is 54.4 Å². The van der Waals surface area contributed by atoms with Gasteiger partial charge in [-0.2, -0.15) is 0 Å². The van der Waals surface area contributed by atoms with Crippen molar-refractivity contribution in [3.8, 4) is 0 Å². The van der Waals surface area contributed by atoms with Crippen LogP contribution in [-0.2, 0) is 0 Å². The summed E-state index contributed by atoms with van der Waals surface area (Å²) in [6, 6.07) is 17.4. The Balaban J connectivity index is 1.31. The second-order valence-electron chi connectivity index (χ2n) is 9.89. The lowest BCUT2D eigenvalue weighted by Crippen LogP contribution is -2.49. The number of hydrogen-bond acceptors (Lipinski definition) is 6. The highest BCUT2D eigenvalue weighted by molar-refractivity contribution is 6.34. The third-order valence-electron chi connectivity index (χ3n) is 7.30. The summed E-state index contributed by atoms with van der Waals surface area (Å²) < 4.78 is 0. The molecule has 39 heavy (non-hydrogen) atoms. The van der Waals surface area contributed by atoms with Gasteiger partial charge in [0.2, 0.25) is 0 Å². The molecule has 0 unspecified atom stereocenters. The van der Waals surface area contributed by atoms with Crippen LogP contribution in [0.2, 0.25) is 5.02 Å². The van der Waals surface area contributed by atoms with Crippen molar-refractivity contribution in [2.45, 2.75) is 19.8 Å². The fraction of sp³-hybridized carbons (Fsp3) is 0.310. The van der Waals surface area contributed by atoms with Crippen LogP contribution in [0.15, 0.2) is 60.7 Å². The normalized spacial score (nSPS) is 15.4. The van der Waals surface area contributed by atoms with Crippen molar-refractivity contribution in [1.29, 1.82) is 0 Å². The molecule has 2 fully saturated rings. The van der Waals surface area contributed by atoms with Gasteiger partial charge in [0.15, 0.2) is 0 Å². The molecule has 0 aromatic heterocycles. The number of aryl methyl sites for hydroxylation is 1. The minimum Gasteiger partial charge on any atom is -0.366 e. The van der Waals surface area contributed by atoms with Gasteiger partial charge in [0.1, 0.15) is 5.69 Å². The lowest BCUT2D eigenvalue weighted by Gasteiger charge is -2.37. The molecule has 0 atom stereocenters. The Bertz CT molecular complexity index is 1400. The van der Waals surface area contributed by atoms with Gasteiger partial charge in [0.25, 0.3) is 17.5 Å². The first-order valence-corrected chi connectivity index (χ1v) is 13.4. The van der Waals surface area contributed by atoms with Gasteiger partial charge in [-0.3, -0.25) is 19.7 Å². The number of nitrogens with one attached hydrogen (secondary N) is 1. The summed E-state index contributed by atoms with van der Waals surface area (Å²) in [6.07, 6.45) is 1.98. The van der Waals surface area contributed by atoms with E-state index in [1.807, 2.05) is 41.0 Å². The lowest BCUT2D eigenvalue weighted by molar-refractivity contribution is -0.384. The van der Waals surface area contributed by atoms with Crippen molar-refractivity contribution in [3.63, 3.8) is 0 Å². The third kappa shape index (κ3) is 5.68. The van der Waals surface area contributed by atoms with E-state index in [-0.39, 0.29) is 17.2 Å². The SMILES string of the molecule is Cc1ccc(C(=O)N2CCN(c3c(Cl)cccc3NC(=O)c3ccc(N4CCCC4)c([N+](=O)[O-])c3)CC2)cc1. The minimum atomic E-state index is -0.456. The Morgan fingerprint density at radius 1 is 0.872 bits per heavy atom. The van der Waals surface area contributed by atoms with Gasteiger partial charge < -0.3 is 20.0 Å². The van der Waals surface area contributed by atoms with E-state index in [1.54, 1.807) is 30.3 Å². The first kappa shape index (κ1) is 26.5. The van der Waals surface area contributed by atoms with Gasteiger partial charge in [-0.25, -0.2) is 0 Å². The number of nitrogens with zero attached hydrogens (tertiary/aromatic N) is 4. The molecule has 0 aliphatic carbocycles. The van der Waals surface area contributed by atoms with Crippen LogP contribution in [0.3, 0.4) is 0 Å². The average Bonchev–Trinajstić information content (AvgIpc) is 3.48. The summed E-state index contributed by atoms with van der Waals surface area (Å²) in [7, 11) is 0. The molecule has 0 radical (unpaired) electrons. The third-order valence-corrected chi connectivity index (χ3v) is 7.60. The summed E-state index contributed by atoms with van der Waals surface area (Å²) in [5.74, 6) is -0.468. The topological polar surface area (TPSA) is 99.0 Å². The van der Waals surface area contributed by atoms with E-state index in [1.165, 1.54) is 6.07 Å². The molecule has 0 spiro atoms. The molecule has 10 heteroatoms. The number of carbonyl (C=O) groups excluding carboxylic acids is 2. The molecule has 2 saturated heterocycles. The Morgan fingerprint density at radius 3 is 2.21 bits per heavy atom. The number of nitro benzene ring substituents is 1. The summed E-state index contributed by atoms with van der Waals surface area (Å²) in [5, 5.41) is 15.2. The van der Waals surface area contributed by atoms with Crippen molar-refractivity contribution >= 4 is 46.2 Å². The largest absolute Gasteiger partial charge is 0.366 e. The maximum Gasteiger partial charge on any atom is 0.293 e. The summed E-state index contributed by atoms with van der Waals surface area (Å²) >= 11 is 6.59. The van der Waals surface area contributed by atoms with E-state index < -0.39 is 10.8 Å². The number of rotatable bonds is 6. The molecule has 0 saturated carbocycles. The van der Waals surface area contributed by atoms with Crippen molar-refractivity contribution in [2.24, 2.45) is 0 Å². The molecule has 2 aliphatic rings. The van der Waals surface area contributed by atoms with E-state index >= 15 is 0 Å². The Hall–Kier alpha value is -4.11. The Kier molecular flexibility index (Phi) is 7.70. The molecule has 3 aromatic rings. The second-order valence-corrected chi connectivity index (χ2v) is 10.3. The van der Waals surface area contributed by atoms with Gasteiger partial charge in [0.05, 0.1) is 21.3 Å². The smallest absolute Gasteiger partial charge is 0.293 e. The lowest BCUT2D eigenvalue weighted by atomic mass is 10.1. The molecular weight excluding hydrogens is 518 g/mol. The van der Waals surface area contributed by atoms with Crippen molar-refractivity contribution < 1.29 is 14.5 Å². The zero-order valence-electron chi connectivity index (χ0n) is 21.7. The van der Waals surface area contributed by atoms with E-state index in [9.17, 15) is 19.7 Å². The minimum absolute atomic E-state index is 0.0127. The monoisotopic (exact) mass is 547 g/mol. The van der Waals surface area contributed by atoms with E-state index in [0.717, 1.165) is 31.5 Å². The molecule has 202 valence electrons. The van der Waals surface area contributed by atoms with Crippen LogP contribution in [-0.4, -0.2) is 60.9 Å². The highest BCUT2D eigenvalue weighted by atomic mass is 35.5. The van der Waals surface area contributed by atoms with Gasteiger partial charge >= 0.3 is 0 Å². The zero-order valence-corrected chi connectivity index (χ0v) is 22.5.